The largest absolute Gasteiger partial charge is 0.396 e. The highest BCUT2D eigenvalue weighted by molar-refractivity contribution is 5.91. The number of hydrogen-bond acceptors (Lipinski definition) is 5. The maximum Gasteiger partial charge on any atom is 0.267 e. The Labute approximate surface area is 135 Å². The van der Waals surface area contributed by atoms with E-state index in [1.54, 1.807) is 0 Å². The lowest BCUT2D eigenvalue weighted by molar-refractivity contribution is 0.0995. The van der Waals surface area contributed by atoms with Crippen molar-refractivity contribution in [3.05, 3.63) is 54.0 Å². The lowest BCUT2D eigenvalue weighted by Gasteiger charge is -2.33. The molecule has 4 N–H and O–H groups in total. The highest BCUT2D eigenvalue weighted by Gasteiger charge is 2.30. The van der Waals surface area contributed by atoms with Crippen molar-refractivity contribution in [3.8, 4) is 0 Å². The summed E-state index contributed by atoms with van der Waals surface area (Å²) in [6, 6.07) is 11.5. The predicted molar refractivity (Wildman–Crippen MR) is 89.1 cm³/mol. The molecule has 0 saturated heterocycles. The molecule has 6 nitrogen and oxygen atoms in total. The molecule has 0 saturated carbocycles. The van der Waals surface area contributed by atoms with Crippen molar-refractivity contribution >= 4 is 11.7 Å². The number of hydrogen-bond donors (Lipinski definition) is 3. The van der Waals surface area contributed by atoms with Gasteiger partial charge in [0, 0.05) is 25.1 Å². The average molecular weight is 314 g/mol. The number of aliphatic hydroxyl groups is 1. The number of nitrogens with zero attached hydrogens (tertiary/aromatic N) is 2. The molecule has 2 rings (SSSR count). The Morgan fingerprint density at radius 1 is 1.30 bits per heavy atom. The quantitative estimate of drug-likeness (QED) is 0.723. The average Bonchev–Trinajstić information content (AvgIpc) is 2.56. The fourth-order valence-corrected chi connectivity index (χ4v) is 2.44. The van der Waals surface area contributed by atoms with E-state index >= 15 is 0 Å². The molecule has 1 amide bonds. The van der Waals surface area contributed by atoms with Gasteiger partial charge in [-0.1, -0.05) is 44.2 Å². The van der Waals surface area contributed by atoms with Crippen molar-refractivity contribution in [1.82, 2.24) is 9.97 Å². The van der Waals surface area contributed by atoms with Gasteiger partial charge in [0.15, 0.2) is 0 Å². The van der Waals surface area contributed by atoms with E-state index in [2.05, 4.69) is 15.3 Å². The van der Waals surface area contributed by atoms with Gasteiger partial charge in [0.05, 0.1) is 0 Å². The van der Waals surface area contributed by atoms with Crippen LogP contribution in [-0.4, -0.2) is 34.1 Å². The van der Waals surface area contributed by atoms with Crippen LogP contribution in [-0.2, 0) is 0 Å². The van der Waals surface area contributed by atoms with Gasteiger partial charge < -0.3 is 16.2 Å². The van der Waals surface area contributed by atoms with Crippen LogP contribution in [0.15, 0.2) is 42.7 Å². The van der Waals surface area contributed by atoms with E-state index in [0.29, 0.717) is 12.4 Å². The number of amides is 1. The zero-order valence-electron chi connectivity index (χ0n) is 13.4. The van der Waals surface area contributed by atoms with Crippen molar-refractivity contribution in [3.63, 3.8) is 0 Å². The summed E-state index contributed by atoms with van der Waals surface area (Å²) in [7, 11) is 0. The summed E-state index contributed by atoms with van der Waals surface area (Å²) in [6.07, 6.45) is 1.30. The zero-order valence-corrected chi connectivity index (χ0v) is 13.4. The number of benzene rings is 1. The van der Waals surface area contributed by atoms with Crippen molar-refractivity contribution in [2.75, 3.05) is 18.5 Å². The third-order valence-electron chi connectivity index (χ3n) is 3.96. The van der Waals surface area contributed by atoms with Crippen LogP contribution in [0.5, 0.6) is 0 Å². The number of nitrogens with two attached hydrogens (primary N) is 1. The monoisotopic (exact) mass is 314 g/mol. The SMILES string of the molecule is CC(C)(CO)C(CNc1cc(C(N)=O)ncn1)c1ccccc1. The van der Waals surface area contributed by atoms with Gasteiger partial charge in [-0.05, 0) is 11.0 Å². The lowest BCUT2D eigenvalue weighted by atomic mass is 9.75. The van der Waals surface area contributed by atoms with Gasteiger partial charge in [0.25, 0.3) is 5.91 Å². The Bertz CT molecular complexity index is 659. The number of aromatic nitrogens is 2. The molecule has 0 aliphatic carbocycles. The van der Waals surface area contributed by atoms with Crippen LogP contribution in [0.3, 0.4) is 0 Å². The van der Waals surface area contributed by atoms with Gasteiger partial charge in [-0.25, -0.2) is 9.97 Å². The van der Waals surface area contributed by atoms with E-state index < -0.39 is 5.91 Å². The number of rotatable bonds is 7. The molecule has 1 atom stereocenters. The molecule has 1 heterocycles. The molecule has 1 unspecified atom stereocenters. The maximum atomic E-state index is 11.2. The van der Waals surface area contributed by atoms with Crippen LogP contribution in [0.25, 0.3) is 0 Å². The van der Waals surface area contributed by atoms with Crippen LogP contribution in [0, 0.1) is 5.41 Å². The lowest BCUT2D eigenvalue weighted by Crippen LogP contribution is -2.31. The number of primary amides is 1. The fraction of sp³-hybridized carbons (Fsp3) is 0.353. The minimum atomic E-state index is -0.592. The molecule has 0 aliphatic rings. The van der Waals surface area contributed by atoms with Crippen LogP contribution in [0.2, 0.25) is 0 Å². The molecule has 23 heavy (non-hydrogen) atoms. The van der Waals surface area contributed by atoms with E-state index in [0.717, 1.165) is 5.56 Å². The third-order valence-corrected chi connectivity index (χ3v) is 3.96. The number of aliphatic hydroxyl groups excluding tert-OH is 1. The second-order valence-electron chi connectivity index (χ2n) is 6.14. The number of carbonyl (C=O) groups excluding carboxylic acids is 1. The van der Waals surface area contributed by atoms with Crippen LogP contribution in [0.1, 0.15) is 35.8 Å². The van der Waals surface area contributed by atoms with Crippen LogP contribution >= 0.6 is 0 Å². The third kappa shape index (κ3) is 4.26. The molecule has 6 heteroatoms. The number of nitrogens with one attached hydrogen (secondary N) is 1. The minimum Gasteiger partial charge on any atom is -0.396 e. The molecule has 0 fully saturated rings. The summed E-state index contributed by atoms with van der Waals surface area (Å²) in [6.45, 7) is 4.65. The van der Waals surface area contributed by atoms with E-state index in [1.165, 1.54) is 12.4 Å². The highest BCUT2D eigenvalue weighted by Crippen LogP contribution is 2.35. The van der Waals surface area contributed by atoms with Crippen molar-refractivity contribution in [2.45, 2.75) is 19.8 Å². The summed E-state index contributed by atoms with van der Waals surface area (Å²) in [5.74, 6) is 0.00918. The second kappa shape index (κ2) is 7.19. The first-order chi connectivity index (χ1) is 10.9. The summed E-state index contributed by atoms with van der Waals surface area (Å²) in [5.41, 5.74) is 6.21. The molecule has 0 bridgehead atoms. The molecule has 122 valence electrons. The first-order valence-corrected chi connectivity index (χ1v) is 7.45. The Morgan fingerprint density at radius 3 is 2.61 bits per heavy atom. The predicted octanol–water partition coefficient (Wildman–Crippen LogP) is 1.79. The van der Waals surface area contributed by atoms with Gasteiger partial charge in [-0.2, -0.15) is 0 Å². The topological polar surface area (TPSA) is 101 Å². The zero-order chi connectivity index (χ0) is 16.9. The van der Waals surface area contributed by atoms with Gasteiger partial charge >= 0.3 is 0 Å². The molecule has 0 radical (unpaired) electrons. The molecule has 2 aromatic rings. The van der Waals surface area contributed by atoms with Crippen LogP contribution in [0.4, 0.5) is 5.82 Å². The van der Waals surface area contributed by atoms with Crippen molar-refractivity contribution < 1.29 is 9.90 Å². The summed E-state index contributed by atoms with van der Waals surface area (Å²) in [5, 5.41) is 12.9. The Morgan fingerprint density at radius 2 is 2.00 bits per heavy atom. The highest BCUT2D eigenvalue weighted by atomic mass is 16.3. The van der Waals surface area contributed by atoms with Gasteiger partial charge in [0.2, 0.25) is 0 Å². The standard InChI is InChI=1S/C17H22N4O2/c1-17(2,10-22)13(12-6-4-3-5-7-12)9-19-15-8-14(16(18)23)20-11-21-15/h3-8,11,13,22H,9-10H2,1-2H3,(H2,18,23)(H,19,20,21). The number of carbonyl (C=O) groups is 1. The first kappa shape index (κ1) is 16.9. The van der Waals surface area contributed by atoms with Gasteiger partial charge in [-0.15, -0.1) is 0 Å². The molecule has 0 aliphatic heterocycles. The van der Waals surface area contributed by atoms with Crippen LogP contribution < -0.4 is 11.1 Å². The first-order valence-electron chi connectivity index (χ1n) is 7.45. The Balaban J connectivity index is 2.19. The van der Waals surface area contributed by atoms with Gasteiger partial charge in [-0.3, -0.25) is 4.79 Å². The summed E-state index contributed by atoms with van der Waals surface area (Å²) < 4.78 is 0. The summed E-state index contributed by atoms with van der Waals surface area (Å²) >= 11 is 0. The number of anilines is 1. The maximum absolute atomic E-state index is 11.2. The van der Waals surface area contributed by atoms with Gasteiger partial charge in [0.1, 0.15) is 17.8 Å². The van der Waals surface area contributed by atoms with Crippen molar-refractivity contribution in [2.24, 2.45) is 11.1 Å². The molecule has 1 aromatic heterocycles. The molecule has 1 aromatic carbocycles. The fourth-order valence-electron chi connectivity index (χ4n) is 2.44. The summed E-state index contributed by atoms with van der Waals surface area (Å²) in [4.78, 5) is 19.1. The smallest absolute Gasteiger partial charge is 0.267 e. The Kier molecular flexibility index (Phi) is 5.28. The second-order valence-corrected chi connectivity index (χ2v) is 6.14. The van der Waals surface area contributed by atoms with E-state index in [1.807, 2.05) is 44.2 Å². The van der Waals surface area contributed by atoms with E-state index in [9.17, 15) is 9.90 Å². The van der Waals surface area contributed by atoms with Crippen molar-refractivity contribution in [1.29, 1.82) is 0 Å². The normalized spacial score (nSPS) is 12.7. The van der Waals surface area contributed by atoms with E-state index in [4.69, 9.17) is 5.73 Å². The van der Waals surface area contributed by atoms with E-state index in [-0.39, 0.29) is 23.6 Å². The molecular formula is C17H22N4O2. The Hall–Kier alpha value is -2.47. The minimum absolute atomic E-state index is 0.0601. The molecule has 0 spiro atoms. The molecular weight excluding hydrogens is 292 g/mol.